The molecule has 0 aliphatic heterocycles. The van der Waals surface area contributed by atoms with E-state index in [1.165, 1.54) is 16.9 Å². The van der Waals surface area contributed by atoms with Crippen LogP contribution in [0.3, 0.4) is 0 Å². The first-order valence-corrected chi connectivity index (χ1v) is 8.86. The number of hydrogen-bond donors (Lipinski definition) is 3. The van der Waals surface area contributed by atoms with E-state index in [9.17, 15) is 9.90 Å². The molecule has 3 N–H and O–H groups in total. The number of benzene rings is 1. The number of carbonyl (C=O) groups excluding carboxylic acids is 1. The summed E-state index contributed by atoms with van der Waals surface area (Å²) >= 11 is 1.52. The summed E-state index contributed by atoms with van der Waals surface area (Å²) in [5.74, 6) is 0. The van der Waals surface area contributed by atoms with Gasteiger partial charge in [0, 0.05) is 13.1 Å². The van der Waals surface area contributed by atoms with Gasteiger partial charge in [-0.25, -0.2) is 4.79 Å². The molecule has 0 aliphatic rings. The third-order valence-corrected chi connectivity index (χ3v) is 4.63. The van der Waals surface area contributed by atoms with Crippen LogP contribution in [-0.2, 0) is 0 Å². The first-order valence-electron chi connectivity index (χ1n) is 7.92. The van der Waals surface area contributed by atoms with Gasteiger partial charge in [0.1, 0.15) is 0 Å². The van der Waals surface area contributed by atoms with Crippen LogP contribution in [0.4, 0.5) is 4.79 Å². The van der Waals surface area contributed by atoms with E-state index in [1.807, 2.05) is 30.9 Å². The van der Waals surface area contributed by atoms with Crippen molar-refractivity contribution in [2.24, 2.45) is 0 Å². The van der Waals surface area contributed by atoms with Gasteiger partial charge in [-0.15, -0.1) is 0 Å². The predicted molar refractivity (Wildman–Crippen MR) is 98.3 cm³/mol. The van der Waals surface area contributed by atoms with Gasteiger partial charge in [-0.2, -0.15) is 11.3 Å². The maximum Gasteiger partial charge on any atom is 0.314 e. The van der Waals surface area contributed by atoms with Crippen LogP contribution in [0.1, 0.15) is 28.8 Å². The van der Waals surface area contributed by atoms with Crippen molar-refractivity contribution >= 4 is 17.4 Å². The molecule has 0 radical (unpaired) electrons. The summed E-state index contributed by atoms with van der Waals surface area (Å²) < 4.78 is 0. The Labute approximate surface area is 147 Å². The Hall–Kier alpha value is -1.89. The molecule has 2 unspecified atom stereocenters. The normalized spacial score (nSPS) is 13.5. The van der Waals surface area contributed by atoms with Gasteiger partial charge in [0.25, 0.3) is 0 Å². The molecule has 0 fully saturated rings. The molecule has 2 rings (SSSR count). The molecule has 1 aromatic heterocycles. The number of amides is 2. The molecule has 0 aliphatic carbocycles. The summed E-state index contributed by atoms with van der Waals surface area (Å²) in [6.07, 6.45) is -0.677. The second kappa shape index (κ2) is 8.82. The number of aliphatic hydroxyl groups is 1. The molecular weight excluding hydrogens is 322 g/mol. The minimum Gasteiger partial charge on any atom is -0.387 e. The van der Waals surface area contributed by atoms with Crippen LogP contribution in [0.25, 0.3) is 0 Å². The van der Waals surface area contributed by atoms with Crippen molar-refractivity contribution in [1.29, 1.82) is 0 Å². The minimum absolute atomic E-state index is 0.0955. The van der Waals surface area contributed by atoms with Gasteiger partial charge in [0.05, 0.1) is 12.1 Å². The summed E-state index contributed by atoms with van der Waals surface area (Å²) in [5, 5.41) is 19.4. The third-order valence-electron chi connectivity index (χ3n) is 3.93. The Morgan fingerprint density at radius 1 is 1.12 bits per heavy atom. The lowest BCUT2D eigenvalue weighted by Crippen LogP contribution is -2.41. The molecule has 24 heavy (non-hydrogen) atoms. The topological polar surface area (TPSA) is 64.6 Å². The largest absolute Gasteiger partial charge is 0.387 e. The number of rotatable bonds is 7. The zero-order chi connectivity index (χ0) is 17.5. The summed E-state index contributed by atoms with van der Waals surface area (Å²) in [5.41, 5.74) is 3.19. The second-order valence-electron chi connectivity index (χ2n) is 6.05. The monoisotopic (exact) mass is 347 g/mol. The number of nitrogens with one attached hydrogen (secondary N) is 2. The Morgan fingerprint density at radius 3 is 2.38 bits per heavy atom. The molecule has 2 atom stereocenters. The van der Waals surface area contributed by atoms with Gasteiger partial charge in [-0.05, 0) is 49.0 Å². The highest BCUT2D eigenvalue weighted by atomic mass is 32.1. The molecule has 6 heteroatoms. The van der Waals surface area contributed by atoms with E-state index in [2.05, 4.69) is 46.7 Å². The standard InChI is InChI=1S/C18H25N3O2S/c1-13-4-6-14(7-5-13)16(21(2)3)10-19-18(23)20-11-17(22)15-8-9-24-12-15/h4-9,12,16-17,22H,10-11H2,1-3H3,(H2,19,20,23). The number of carbonyl (C=O) groups is 1. The number of likely N-dealkylation sites (N-methyl/N-ethyl adjacent to an activating group) is 1. The maximum absolute atomic E-state index is 12.0. The fourth-order valence-corrected chi connectivity index (χ4v) is 3.12. The molecule has 0 saturated heterocycles. The summed E-state index contributed by atoms with van der Waals surface area (Å²) in [7, 11) is 3.98. The lowest BCUT2D eigenvalue weighted by atomic mass is 10.0. The number of aliphatic hydroxyl groups excluding tert-OH is 1. The average Bonchev–Trinajstić information content (AvgIpc) is 3.08. The molecule has 130 valence electrons. The van der Waals surface area contributed by atoms with Crippen molar-refractivity contribution in [2.75, 3.05) is 27.2 Å². The molecule has 5 nitrogen and oxygen atoms in total. The fourth-order valence-electron chi connectivity index (χ4n) is 2.41. The van der Waals surface area contributed by atoms with Crippen LogP contribution in [0.15, 0.2) is 41.1 Å². The van der Waals surface area contributed by atoms with Gasteiger partial charge in [-0.1, -0.05) is 29.8 Å². The number of aryl methyl sites for hydroxylation is 1. The lowest BCUT2D eigenvalue weighted by molar-refractivity contribution is 0.173. The highest BCUT2D eigenvalue weighted by Crippen LogP contribution is 2.18. The first-order chi connectivity index (χ1) is 11.5. The van der Waals surface area contributed by atoms with Gasteiger partial charge in [0.15, 0.2) is 0 Å². The summed E-state index contributed by atoms with van der Waals surface area (Å²) in [6.45, 7) is 2.75. The van der Waals surface area contributed by atoms with Crippen LogP contribution in [0.5, 0.6) is 0 Å². The van der Waals surface area contributed by atoms with E-state index in [-0.39, 0.29) is 18.6 Å². The van der Waals surface area contributed by atoms with E-state index in [4.69, 9.17) is 0 Å². The molecule has 2 aromatic rings. The van der Waals surface area contributed by atoms with Crippen molar-refractivity contribution in [3.63, 3.8) is 0 Å². The maximum atomic E-state index is 12.0. The van der Waals surface area contributed by atoms with Crippen molar-refractivity contribution in [3.05, 3.63) is 57.8 Å². The Morgan fingerprint density at radius 2 is 1.79 bits per heavy atom. The zero-order valence-corrected chi connectivity index (χ0v) is 15.1. The first kappa shape index (κ1) is 18.4. The molecule has 0 spiro atoms. The van der Waals surface area contributed by atoms with E-state index >= 15 is 0 Å². The third kappa shape index (κ3) is 5.33. The predicted octanol–water partition coefficient (Wildman–Crippen LogP) is 2.69. The number of hydrogen-bond acceptors (Lipinski definition) is 4. The smallest absolute Gasteiger partial charge is 0.314 e. The van der Waals surface area contributed by atoms with Crippen molar-refractivity contribution in [2.45, 2.75) is 19.1 Å². The van der Waals surface area contributed by atoms with Crippen LogP contribution in [0, 0.1) is 6.92 Å². The second-order valence-corrected chi connectivity index (χ2v) is 6.83. The van der Waals surface area contributed by atoms with Crippen LogP contribution in [-0.4, -0.2) is 43.2 Å². The van der Waals surface area contributed by atoms with E-state index in [0.29, 0.717) is 6.54 Å². The van der Waals surface area contributed by atoms with Crippen molar-refractivity contribution in [1.82, 2.24) is 15.5 Å². The van der Waals surface area contributed by atoms with Crippen molar-refractivity contribution in [3.8, 4) is 0 Å². The number of thiophene rings is 1. The van der Waals surface area contributed by atoms with Crippen LogP contribution >= 0.6 is 11.3 Å². The molecule has 0 bridgehead atoms. The lowest BCUT2D eigenvalue weighted by Gasteiger charge is -2.25. The zero-order valence-electron chi connectivity index (χ0n) is 14.3. The molecule has 2 amide bonds. The van der Waals surface area contributed by atoms with Gasteiger partial charge >= 0.3 is 6.03 Å². The van der Waals surface area contributed by atoms with E-state index in [1.54, 1.807) is 0 Å². The highest BCUT2D eigenvalue weighted by molar-refractivity contribution is 7.07. The molecule has 1 aromatic carbocycles. The number of nitrogens with zero attached hydrogens (tertiary/aromatic N) is 1. The van der Waals surface area contributed by atoms with Crippen molar-refractivity contribution < 1.29 is 9.90 Å². The minimum atomic E-state index is -0.677. The van der Waals surface area contributed by atoms with E-state index in [0.717, 1.165) is 11.1 Å². The summed E-state index contributed by atoms with van der Waals surface area (Å²) in [6, 6.07) is 9.99. The quantitative estimate of drug-likeness (QED) is 0.721. The SMILES string of the molecule is Cc1ccc(C(CNC(=O)NCC(O)c2ccsc2)N(C)C)cc1. The van der Waals surface area contributed by atoms with Crippen LogP contribution in [0.2, 0.25) is 0 Å². The highest BCUT2D eigenvalue weighted by Gasteiger charge is 2.16. The van der Waals surface area contributed by atoms with Gasteiger partial charge < -0.3 is 20.6 Å². The fraction of sp³-hybridized carbons (Fsp3) is 0.389. The van der Waals surface area contributed by atoms with E-state index < -0.39 is 6.10 Å². The Balaban J connectivity index is 1.83. The van der Waals surface area contributed by atoms with Crippen LogP contribution < -0.4 is 10.6 Å². The average molecular weight is 347 g/mol. The van der Waals surface area contributed by atoms with Gasteiger partial charge in [-0.3, -0.25) is 0 Å². The molecular formula is C18H25N3O2S. The molecule has 0 saturated carbocycles. The Bertz CT molecular complexity index is 626. The molecule has 1 heterocycles. The number of urea groups is 1. The summed E-state index contributed by atoms with van der Waals surface area (Å²) in [4.78, 5) is 14.1. The van der Waals surface area contributed by atoms with Gasteiger partial charge in [0.2, 0.25) is 0 Å². The Kier molecular flexibility index (Phi) is 6.78.